The van der Waals surface area contributed by atoms with Crippen LogP contribution in [-0.4, -0.2) is 33.8 Å². The number of hydrazone groups is 1. The Bertz CT molecular complexity index is 914. The molecule has 1 saturated heterocycles. The molecule has 6 heteroatoms. The predicted molar refractivity (Wildman–Crippen MR) is 98.9 cm³/mol. The van der Waals surface area contributed by atoms with E-state index >= 15 is 0 Å². The summed E-state index contributed by atoms with van der Waals surface area (Å²) in [4.78, 5) is 25.2. The van der Waals surface area contributed by atoms with Crippen LogP contribution in [0.3, 0.4) is 0 Å². The van der Waals surface area contributed by atoms with Gasteiger partial charge in [0.2, 0.25) is 0 Å². The van der Waals surface area contributed by atoms with E-state index in [1.807, 2.05) is 30.3 Å². The SMILES string of the molecule is CC1CCC2(CC1)NC(=O)N(/N=C/c1c(O)ccc3ccccc13)C2=O. The van der Waals surface area contributed by atoms with E-state index in [0.29, 0.717) is 24.3 Å². The molecular weight excluding hydrogens is 330 g/mol. The highest BCUT2D eigenvalue weighted by molar-refractivity contribution is 6.08. The molecule has 1 spiro atoms. The smallest absolute Gasteiger partial charge is 0.346 e. The lowest BCUT2D eigenvalue weighted by molar-refractivity contribution is -0.132. The fourth-order valence-electron chi connectivity index (χ4n) is 3.84. The maximum atomic E-state index is 12.8. The van der Waals surface area contributed by atoms with Gasteiger partial charge in [-0.1, -0.05) is 37.3 Å². The quantitative estimate of drug-likeness (QED) is 0.643. The second kappa shape index (κ2) is 6.12. The third-order valence-electron chi connectivity index (χ3n) is 5.52. The second-order valence-corrected chi connectivity index (χ2v) is 7.28. The predicted octanol–water partition coefficient (Wildman–Crippen LogP) is 3.38. The summed E-state index contributed by atoms with van der Waals surface area (Å²) < 4.78 is 0. The number of amides is 3. The van der Waals surface area contributed by atoms with E-state index in [0.717, 1.165) is 28.6 Å². The lowest BCUT2D eigenvalue weighted by Crippen LogP contribution is -2.49. The molecule has 134 valence electrons. The number of urea groups is 1. The Hall–Kier alpha value is -2.89. The minimum absolute atomic E-state index is 0.0562. The molecule has 1 aliphatic heterocycles. The summed E-state index contributed by atoms with van der Waals surface area (Å²) >= 11 is 0. The number of carbonyl (C=O) groups is 2. The molecule has 3 amide bonds. The lowest BCUT2D eigenvalue weighted by atomic mass is 9.77. The molecule has 4 rings (SSSR count). The van der Waals surface area contributed by atoms with Gasteiger partial charge in [0.05, 0.1) is 6.21 Å². The highest BCUT2D eigenvalue weighted by Crippen LogP contribution is 2.36. The van der Waals surface area contributed by atoms with Gasteiger partial charge in [0, 0.05) is 5.56 Å². The van der Waals surface area contributed by atoms with Crippen LogP contribution in [-0.2, 0) is 4.79 Å². The summed E-state index contributed by atoms with van der Waals surface area (Å²) in [6.45, 7) is 2.16. The number of phenols is 1. The molecule has 0 atom stereocenters. The van der Waals surface area contributed by atoms with E-state index in [1.54, 1.807) is 6.07 Å². The summed E-state index contributed by atoms with van der Waals surface area (Å²) in [6.07, 6.45) is 4.50. The van der Waals surface area contributed by atoms with Gasteiger partial charge in [0.15, 0.2) is 0 Å². The molecule has 0 aromatic heterocycles. The van der Waals surface area contributed by atoms with Crippen molar-refractivity contribution in [2.24, 2.45) is 11.0 Å². The van der Waals surface area contributed by atoms with Crippen LogP contribution in [0.2, 0.25) is 0 Å². The van der Waals surface area contributed by atoms with Gasteiger partial charge in [-0.15, -0.1) is 5.01 Å². The van der Waals surface area contributed by atoms with Crippen LogP contribution in [0.25, 0.3) is 10.8 Å². The molecule has 1 saturated carbocycles. The number of aromatic hydroxyl groups is 1. The maximum Gasteiger partial charge on any atom is 0.346 e. The molecular formula is C20H21N3O3. The minimum atomic E-state index is -0.818. The molecule has 26 heavy (non-hydrogen) atoms. The average molecular weight is 351 g/mol. The van der Waals surface area contributed by atoms with Crippen molar-refractivity contribution < 1.29 is 14.7 Å². The molecule has 2 aliphatic rings. The maximum absolute atomic E-state index is 12.8. The number of rotatable bonds is 2. The first-order valence-electron chi connectivity index (χ1n) is 8.91. The van der Waals surface area contributed by atoms with Gasteiger partial charge in [-0.05, 0) is 48.4 Å². The lowest BCUT2D eigenvalue weighted by Gasteiger charge is -2.33. The second-order valence-electron chi connectivity index (χ2n) is 7.28. The number of benzene rings is 2. The molecule has 2 aromatic carbocycles. The number of carbonyl (C=O) groups excluding carboxylic acids is 2. The van der Waals surface area contributed by atoms with Crippen LogP contribution in [0.5, 0.6) is 5.75 Å². The number of nitrogens with one attached hydrogen (secondary N) is 1. The molecule has 0 bridgehead atoms. The molecule has 1 heterocycles. The van der Waals surface area contributed by atoms with Gasteiger partial charge in [-0.25, -0.2) is 4.79 Å². The molecule has 6 nitrogen and oxygen atoms in total. The normalized spacial score (nSPS) is 26.2. The van der Waals surface area contributed by atoms with Crippen LogP contribution < -0.4 is 5.32 Å². The van der Waals surface area contributed by atoms with Crippen LogP contribution in [0.1, 0.15) is 38.2 Å². The first kappa shape index (κ1) is 16.6. The summed E-state index contributed by atoms with van der Waals surface area (Å²) in [5.41, 5.74) is -0.330. The van der Waals surface area contributed by atoms with Gasteiger partial charge in [0.25, 0.3) is 5.91 Å². The van der Waals surface area contributed by atoms with Crippen molar-refractivity contribution in [1.82, 2.24) is 10.3 Å². The van der Waals surface area contributed by atoms with Crippen molar-refractivity contribution >= 4 is 28.9 Å². The Kier molecular flexibility index (Phi) is 3.90. The van der Waals surface area contributed by atoms with Crippen molar-refractivity contribution in [3.8, 4) is 5.75 Å². The van der Waals surface area contributed by atoms with Gasteiger partial charge in [-0.2, -0.15) is 5.10 Å². The van der Waals surface area contributed by atoms with Crippen molar-refractivity contribution in [2.45, 2.75) is 38.1 Å². The van der Waals surface area contributed by atoms with E-state index in [9.17, 15) is 14.7 Å². The van der Waals surface area contributed by atoms with Gasteiger partial charge < -0.3 is 10.4 Å². The molecule has 2 fully saturated rings. The largest absolute Gasteiger partial charge is 0.507 e. The van der Waals surface area contributed by atoms with Crippen molar-refractivity contribution in [3.63, 3.8) is 0 Å². The fraction of sp³-hybridized carbons (Fsp3) is 0.350. The van der Waals surface area contributed by atoms with Crippen LogP contribution in [0.15, 0.2) is 41.5 Å². The Balaban J connectivity index is 1.65. The standard InChI is InChI=1S/C20H21N3O3/c1-13-8-10-20(11-9-13)18(25)23(19(26)22-20)21-12-16-15-5-3-2-4-14(15)6-7-17(16)24/h2-7,12-13,24H,8-11H2,1H3,(H,22,26)/b21-12+. The summed E-state index contributed by atoms with van der Waals surface area (Å²) in [7, 11) is 0. The van der Waals surface area contributed by atoms with E-state index in [1.165, 1.54) is 6.21 Å². The fourth-order valence-corrected chi connectivity index (χ4v) is 3.84. The van der Waals surface area contributed by atoms with Crippen LogP contribution in [0.4, 0.5) is 4.79 Å². The summed E-state index contributed by atoms with van der Waals surface area (Å²) in [6, 6.07) is 10.5. The zero-order chi connectivity index (χ0) is 18.3. The highest BCUT2D eigenvalue weighted by atomic mass is 16.3. The Morgan fingerprint density at radius 2 is 1.92 bits per heavy atom. The number of nitrogens with zero attached hydrogens (tertiary/aromatic N) is 2. The third kappa shape index (κ3) is 2.62. The zero-order valence-corrected chi connectivity index (χ0v) is 14.6. The average Bonchev–Trinajstić information content (AvgIpc) is 2.87. The first-order valence-corrected chi connectivity index (χ1v) is 8.91. The highest BCUT2D eigenvalue weighted by Gasteiger charge is 2.52. The molecule has 1 aliphatic carbocycles. The summed E-state index contributed by atoms with van der Waals surface area (Å²) in [5.74, 6) is 0.321. The van der Waals surface area contributed by atoms with Crippen LogP contribution >= 0.6 is 0 Å². The molecule has 0 radical (unpaired) electrons. The molecule has 2 N–H and O–H groups in total. The van der Waals surface area contributed by atoms with Crippen LogP contribution in [0, 0.1) is 5.92 Å². The van der Waals surface area contributed by atoms with Crippen molar-refractivity contribution in [3.05, 3.63) is 42.0 Å². The van der Waals surface area contributed by atoms with Crippen molar-refractivity contribution in [2.75, 3.05) is 0 Å². The zero-order valence-electron chi connectivity index (χ0n) is 14.6. The Labute approximate surface area is 151 Å². The number of hydrogen-bond acceptors (Lipinski definition) is 4. The summed E-state index contributed by atoms with van der Waals surface area (Å²) in [5, 5.41) is 19.8. The van der Waals surface area contributed by atoms with Gasteiger partial charge in [0.1, 0.15) is 11.3 Å². The topological polar surface area (TPSA) is 82.0 Å². The number of fused-ring (bicyclic) bond motifs is 1. The van der Waals surface area contributed by atoms with E-state index in [2.05, 4.69) is 17.3 Å². The Morgan fingerprint density at radius 1 is 1.19 bits per heavy atom. The molecule has 2 aromatic rings. The van der Waals surface area contributed by atoms with Gasteiger partial charge in [-0.3, -0.25) is 4.79 Å². The van der Waals surface area contributed by atoms with E-state index in [-0.39, 0.29) is 11.7 Å². The van der Waals surface area contributed by atoms with E-state index in [4.69, 9.17) is 0 Å². The third-order valence-corrected chi connectivity index (χ3v) is 5.52. The monoisotopic (exact) mass is 351 g/mol. The number of imide groups is 1. The first-order chi connectivity index (χ1) is 12.5. The number of phenolic OH excluding ortho intramolecular Hbond substituents is 1. The number of hydrogen-bond donors (Lipinski definition) is 2. The van der Waals surface area contributed by atoms with E-state index < -0.39 is 11.6 Å². The molecule has 0 unspecified atom stereocenters. The minimum Gasteiger partial charge on any atom is -0.507 e. The Morgan fingerprint density at radius 3 is 2.69 bits per heavy atom. The van der Waals surface area contributed by atoms with Gasteiger partial charge >= 0.3 is 6.03 Å². The van der Waals surface area contributed by atoms with Crippen molar-refractivity contribution in [1.29, 1.82) is 0 Å².